The van der Waals surface area contributed by atoms with Gasteiger partial charge in [0, 0.05) is 5.25 Å². The van der Waals surface area contributed by atoms with Crippen molar-refractivity contribution in [2.75, 3.05) is 19.0 Å². The molecule has 2 heteroatoms. The number of rotatable bonds is 0. The first-order valence-electron chi connectivity index (χ1n) is 3.16. The highest BCUT2D eigenvalue weighted by molar-refractivity contribution is 8.00. The summed E-state index contributed by atoms with van der Waals surface area (Å²) in [6.07, 6.45) is 1.40. The summed E-state index contributed by atoms with van der Waals surface area (Å²) in [6.45, 7) is 2.06. The standard InChI is InChI=1S/C6H10OS/c1-2-8-6-4-7-3-5(1)6/h5-6H,1-4H2. The largest absolute Gasteiger partial charge is 0.380 e. The topological polar surface area (TPSA) is 9.23 Å². The van der Waals surface area contributed by atoms with E-state index in [2.05, 4.69) is 11.8 Å². The van der Waals surface area contributed by atoms with E-state index in [0.717, 1.165) is 24.4 Å². The van der Waals surface area contributed by atoms with E-state index in [0.29, 0.717) is 0 Å². The van der Waals surface area contributed by atoms with E-state index in [1.165, 1.54) is 12.2 Å². The molecule has 2 aliphatic rings. The molecule has 46 valence electrons. The predicted octanol–water partition coefficient (Wildman–Crippen LogP) is 1.14. The summed E-state index contributed by atoms with van der Waals surface area (Å²) < 4.78 is 5.29. The Morgan fingerprint density at radius 3 is 3.25 bits per heavy atom. The molecule has 0 saturated carbocycles. The lowest BCUT2D eigenvalue weighted by Gasteiger charge is -2.00. The number of hydrogen-bond donors (Lipinski definition) is 0. The summed E-state index contributed by atoms with van der Waals surface area (Å²) >= 11 is 2.09. The van der Waals surface area contributed by atoms with Gasteiger partial charge in [-0.1, -0.05) is 0 Å². The van der Waals surface area contributed by atoms with E-state index in [9.17, 15) is 0 Å². The van der Waals surface area contributed by atoms with E-state index < -0.39 is 0 Å². The molecule has 0 aromatic rings. The van der Waals surface area contributed by atoms with Crippen LogP contribution in [0.25, 0.3) is 0 Å². The number of hydrogen-bond acceptors (Lipinski definition) is 2. The van der Waals surface area contributed by atoms with Gasteiger partial charge in [0.05, 0.1) is 13.2 Å². The van der Waals surface area contributed by atoms with Crippen molar-refractivity contribution in [3.05, 3.63) is 0 Å². The van der Waals surface area contributed by atoms with Crippen LogP contribution >= 0.6 is 11.8 Å². The predicted molar refractivity (Wildman–Crippen MR) is 35.2 cm³/mol. The molecule has 0 spiro atoms. The Hall–Kier alpha value is 0.310. The van der Waals surface area contributed by atoms with Crippen LogP contribution < -0.4 is 0 Å². The van der Waals surface area contributed by atoms with Gasteiger partial charge in [0.2, 0.25) is 0 Å². The fraction of sp³-hybridized carbons (Fsp3) is 1.00. The van der Waals surface area contributed by atoms with Crippen LogP contribution in [-0.4, -0.2) is 24.2 Å². The van der Waals surface area contributed by atoms with Crippen LogP contribution in [0.2, 0.25) is 0 Å². The molecule has 8 heavy (non-hydrogen) atoms. The molecule has 2 heterocycles. The minimum Gasteiger partial charge on any atom is -0.380 e. The molecule has 0 aromatic carbocycles. The van der Waals surface area contributed by atoms with Crippen LogP contribution in [0, 0.1) is 5.92 Å². The Morgan fingerprint density at radius 1 is 1.38 bits per heavy atom. The molecular weight excluding hydrogens is 120 g/mol. The Labute approximate surface area is 53.8 Å². The quantitative estimate of drug-likeness (QED) is 0.486. The van der Waals surface area contributed by atoms with Crippen LogP contribution in [0.4, 0.5) is 0 Å². The van der Waals surface area contributed by atoms with Crippen molar-refractivity contribution in [3.63, 3.8) is 0 Å². The lowest BCUT2D eigenvalue weighted by Crippen LogP contribution is -2.06. The van der Waals surface area contributed by atoms with Crippen LogP contribution in [0.3, 0.4) is 0 Å². The fourth-order valence-corrected chi connectivity index (χ4v) is 2.82. The SMILES string of the molecule is C1CC2COCC2S1. The minimum atomic E-state index is 0.870. The van der Waals surface area contributed by atoms with Gasteiger partial charge in [-0.2, -0.15) is 11.8 Å². The van der Waals surface area contributed by atoms with E-state index in [-0.39, 0.29) is 0 Å². The van der Waals surface area contributed by atoms with Gasteiger partial charge in [0.25, 0.3) is 0 Å². The molecule has 2 aliphatic heterocycles. The maximum Gasteiger partial charge on any atom is 0.0588 e. The second kappa shape index (κ2) is 1.92. The summed E-state index contributed by atoms with van der Waals surface area (Å²) in [6, 6.07) is 0. The summed E-state index contributed by atoms with van der Waals surface area (Å²) in [5.74, 6) is 2.29. The summed E-state index contributed by atoms with van der Waals surface area (Å²) in [5.41, 5.74) is 0. The van der Waals surface area contributed by atoms with Crippen LogP contribution in [0.5, 0.6) is 0 Å². The van der Waals surface area contributed by atoms with Gasteiger partial charge in [0.1, 0.15) is 0 Å². The van der Waals surface area contributed by atoms with Gasteiger partial charge in [-0.05, 0) is 18.1 Å². The molecule has 0 aliphatic carbocycles. The average molecular weight is 130 g/mol. The van der Waals surface area contributed by atoms with Crippen molar-refractivity contribution >= 4 is 11.8 Å². The zero-order valence-corrected chi connectivity index (χ0v) is 5.62. The third kappa shape index (κ3) is 0.669. The Morgan fingerprint density at radius 2 is 2.38 bits per heavy atom. The Bertz CT molecular complexity index is 74.5. The molecule has 0 radical (unpaired) electrons. The second-order valence-corrected chi connectivity index (χ2v) is 3.84. The van der Waals surface area contributed by atoms with E-state index in [4.69, 9.17) is 4.74 Å². The maximum atomic E-state index is 5.29. The van der Waals surface area contributed by atoms with Crippen LogP contribution in [-0.2, 0) is 4.74 Å². The lowest BCUT2D eigenvalue weighted by atomic mass is 10.1. The Balaban J connectivity index is 2.04. The van der Waals surface area contributed by atoms with Crippen molar-refractivity contribution in [3.8, 4) is 0 Å². The first-order chi connectivity index (χ1) is 3.97. The highest BCUT2D eigenvalue weighted by Gasteiger charge is 2.32. The van der Waals surface area contributed by atoms with Gasteiger partial charge in [0.15, 0.2) is 0 Å². The summed E-state index contributed by atoms with van der Waals surface area (Å²) in [5, 5.41) is 0.870. The first kappa shape index (κ1) is 5.12. The molecule has 2 atom stereocenters. The first-order valence-corrected chi connectivity index (χ1v) is 4.21. The van der Waals surface area contributed by atoms with Crippen molar-refractivity contribution < 1.29 is 4.74 Å². The molecule has 0 aromatic heterocycles. The van der Waals surface area contributed by atoms with Gasteiger partial charge in [-0.25, -0.2) is 0 Å². The van der Waals surface area contributed by atoms with Crippen LogP contribution in [0.15, 0.2) is 0 Å². The molecule has 1 nitrogen and oxygen atoms in total. The molecule has 2 saturated heterocycles. The Kier molecular flexibility index (Phi) is 1.23. The smallest absolute Gasteiger partial charge is 0.0588 e. The molecule has 2 unspecified atom stereocenters. The van der Waals surface area contributed by atoms with Gasteiger partial charge in [-0.15, -0.1) is 0 Å². The van der Waals surface area contributed by atoms with Crippen LogP contribution in [0.1, 0.15) is 6.42 Å². The number of thioether (sulfide) groups is 1. The van der Waals surface area contributed by atoms with Gasteiger partial charge in [-0.3, -0.25) is 0 Å². The van der Waals surface area contributed by atoms with Gasteiger partial charge >= 0.3 is 0 Å². The summed E-state index contributed by atoms with van der Waals surface area (Å²) in [4.78, 5) is 0. The lowest BCUT2D eigenvalue weighted by molar-refractivity contribution is 0.185. The zero-order chi connectivity index (χ0) is 5.40. The highest BCUT2D eigenvalue weighted by Crippen LogP contribution is 2.36. The average Bonchev–Trinajstić information content (AvgIpc) is 2.15. The van der Waals surface area contributed by atoms with Crippen molar-refractivity contribution in [2.24, 2.45) is 5.92 Å². The van der Waals surface area contributed by atoms with E-state index in [1.807, 2.05) is 0 Å². The molecule has 0 bridgehead atoms. The van der Waals surface area contributed by atoms with Crippen molar-refractivity contribution in [2.45, 2.75) is 11.7 Å². The van der Waals surface area contributed by atoms with Gasteiger partial charge < -0.3 is 4.74 Å². The minimum absolute atomic E-state index is 0.870. The van der Waals surface area contributed by atoms with Crippen molar-refractivity contribution in [1.82, 2.24) is 0 Å². The third-order valence-electron chi connectivity index (χ3n) is 1.96. The van der Waals surface area contributed by atoms with E-state index in [1.54, 1.807) is 0 Å². The molecule has 2 rings (SSSR count). The summed E-state index contributed by atoms with van der Waals surface area (Å²) in [7, 11) is 0. The van der Waals surface area contributed by atoms with Crippen molar-refractivity contribution in [1.29, 1.82) is 0 Å². The molecule has 0 N–H and O–H groups in total. The monoisotopic (exact) mass is 130 g/mol. The fourth-order valence-electron chi connectivity index (χ4n) is 1.40. The molecule has 2 fully saturated rings. The van der Waals surface area contributed by atoms with E-state index >= 15 is 0 Å². The number of fused-ring (bicyclic) bond motifs is 1. The normalized spacial score (nSPS) is 45.0. The number of ether oxygens (including phenoxy) is 1. The molecular formula is C6H10OS. The third-order valence-corrected chi connectivity index (χ3v) is 3.38. The maximum absolute atomic E-state index is 5.29. The highest BCUT2D eigenvalue weighted by atomic mass is 32.2. The zero-order valence-electron chi connectivity index (χ0n) is 4.80. The second-order valence-electron chi connectivity index (χ2n) is 2.50. The molecule has 0 amide bonds.